The molecule has 0 amide bonds. The summed E-state index contributed by atoms with van der Waals surface area (Å²) in [5.74, 6) is -0.219. The Bertz CT molecular complexity index is 853. The number of esters is 3. The van der Waals surface area contributed by atoms with Crippen LogP contribution in [0.4, 0.5) is 0 Å². The molecule has 8 heteroatoms. The number of hydrogen-bond acceptors (Lipinski definition) is 8. The van der Waals surface area contributed by atoms with Crippen molar-refractivity contribution in [1.29, 1.82) is 0 Å². The first kappa shape index (κ1) is 54.3. The lowest BCUT2D eigenvalue weighted by Crippen LogP contribution is -2.32. The van der Waals surface area contributed by atoms with Crippen LogP contribution in [0.5, 0.6) is 0 Å². The van der Waals surface area contributed by atoms with E-state index in [2.05, 4.69) is 25.7 Å². The molecule has 56 heavy (non-hydrogen) atoms. The van der Waals surface area contributed by atoms with Crippen molar-refractivity contribution in [2.24, 2.45) is 0 Å². The van der Waals surface area contributed by atoms with Gasteiger partial charge in [-0.15, -0.1) is 0 Å². The van der Waals surface area contributed by atoms with Crippen LogP contribution in [0.25, 0.3) is 0 Å². The van der Waals surface area contributed by atoms with E-state index in [9.17, 15) is 14.4 Å². The highest BCUT2D eigenvalue weighted by Crippen LogP contribution is 2.18. The Balaban J connectivity index is 4.36. The number of nitrogens with zero attached hydrogens (tertiary/aromatic N) is 2. The highest BCUT2D eigenvalue weighted by Gasteiger charge is 2.15. The molecule has 0 aromatic rings. The van der Waals surface area contributed by atoms with Gasteiger partial charge in [-0.05, 0) is 85.0 Å². The van der Waals surface area contributed by atoms with Crippen LogP contribution < -0.4 is 0 Å². The fraction of sp³-hybridized carbons (Fsp3) is 0.938. The van der Waals surface area contributed by atoms with Crippen molar-refractivity contribution in [3.05, 3.63) is 0 Å². The highest BCUT2D eigenvalue weighted by atomic mass is 16.5. The molecule has 0 bridgehead atoms. The van der Waals surface area contributed by atoms with Gasteiger partial charge in [-0.1, -0.05) is 162 Å². The zero-order valence-electron chi connectivity index (χ0n) is 38.0. The largest absolute Gasteiger partial charge is 0.466 e. The molecule has 0 radical (unpaired) electrons. The van der Waals surface area contributed by atoms with Gasteiger partial charge in [-0.2, -0.15) is 0 Å². The van der Waals surface area contributed by atoms with Crippen molar-refractivity contribution in [1.82, 2.24) is 9.80 Å². The quantitative estimate of drug-likeness (QED) is 0.0342. The maximum Gasteiger partial charge on any atom is 0.320 e. The number of ether oxygens (including phenoxy) is 3. The van der Waals surface area contributed by atoms with Gasteiger partial charge in [0.2, 0.25) is 0 Å². The monoisotopic (exact) mass is 795 g/mol. The third-order valence-electron chi connectivity index (χ3n) is 10.9. The van der Waals surface area contributed by atoms with E-state index in [1.54, 1.807) is 0 Å². The number of rotatable bonds is 44. The van der Waals surface area contributed by atoms with Crippen LogP contribution in [0.1, 0.15) is 233 Å². The molecule has 0 aliphatic carbocycles. The highest BCUT2D eigenvalue weighted by molar-refractivity contribution is 5.71. The zero-order chi connectivity index (χ0) is 41.2. The summed E-state index contributed by atoms with van der Waals surface area (Å²) < 4.78 is 17.0. The van der Waals surface area contributed by atoms with Crippen molar-refractivity contribution in [2.45, 2.75) is 239 Å². The van der Waals surface area contributed by atoms with Gasteiger partial charge in [-0.3, -0.25) is 24.2 Å². The third kappa shape index (κ3) is 40.5. The predicted molar refractivity (Wildman–Crippen MR) is 236 cm³/mol. The van der Waals surface area contributed by atoms with Gasteiger partial charge in [0.05, 0.1) is 13.2 Å². The summed E-state index contributed by atoms with van der Waals surface area (Å²) in [6.45, 7) is 10.8. The van der Waals surface area contributed by atoms with Crippen LogP contribution in [0, 0.1) is 0 Å². The minimum absolute atomic E-state index is 0.000639. The van der Waals surface area contributed by atoms with Gasteiger partial charge >= 0.3 is 17.9 Å². The standard InChI is InChI=1S/C48H94N2O6/c1-6-9-12-15-18-27-34-42-54-46(51)37-30-23-19-25-32-39-50(41-43-55-48(53)44-49(4)5)40-33-26-20-24-31-38-47(52)56-45(35-28-21-16-13-10-7-2)36-29-22-17-14-11-8-3/h45H,6-44H2,1-5H3. The first-order valence-electron chi connectivity index (χ1n) is 24.2. The molecule has 0 rings (SSSR count). The second-order valence-corrected chi connectivity index (χ2v) is 16.9. The second-order valence-electron chi connectivity index (χ2n) is 16.9. The van der Waals surface area contributed by atoms with E-state index in [0.29, 0.717) is 32.6 Å². The fourth-order valence-corrected chi connectivity index (χ4v) is 7.33. The summed E-state index contributed by atoms with van der Waals surface area (Å²) in [7, 11) is 3.75. The van der Waals surface area contributed by atoms with Crippen LogP contribution >= 0.6 is 0 Å². The Hall–Kier alpha value is -1.67. The molecule has 0 saturated heterocycles. The smallest absolute Gasteiger partial charge is 0.320 e. The molecular formula is C48H94N2O6. The molecule has 0 aliphatic heterocycles. The fourth-order valence-electron chi connectivity index (χ4n) is 7.33. The average molecular weight is 795 g/mol. The molecule has 0 saturated carbocycles. The Morgan fingerprint density at radius 2 is 0.804 bits per heavy atom. The van der Waals surface area contributed by atoms with E-state index in [-0.39, 0.29) is 24.0 Å². The predicted octanol–water partition coefficient (Wildman–Crippen LogP) is 12.8. The zero-order valence-corrected chi connectivity index (χ0v) is 38.0. The summed E-state index contributed by atoms with van der Waals surface area (Å²) in [6, 6.07) is 0. The number of unbranched alkanes of at least 4 members (excludes halogenated alkanes) is 24. The summed E-state index contributed by atoms with van der Waals surface area (Å²) in [6.07, 6.45) is 37.8. The van der Waals surface area contributed by atoms with Crippen molar-refractivity contribution in [3.8, 4) is 0 Å². The average Bonchev–Trinajstić information content (AvgIpc) is 3.17. The van der Waals surface area contributed by atoms with Crippen LogP contribution in [0.3, 0.4) is 0 Å². The second kappa shape index (κ2) is 42.9. The Labute approximate surface area is 347 Å². The van der Waals surface area contributed by atoms with E-state index in [4.69, 9.17) is 14.2 Å². The number of carbonyl (C=O) groups is 3. The maximum absolute atomic E-state index is 12.8. The Kier molecular flexibility index (Phi) is 41.6. The SMILES string of the molecule is CCCCCCCCCOC(=O)CCCCCCCN(CCCCCCCC(=O)OC(CCCCCCCC)CCCCCCCC)CCOC(=O)CN(C)C. The Morgan fingerprint density at radius 3 is 1.29 bits per heavy atom. The first-order valence-corrected chi connectivity index (χ1v) is 24.2. The Morgan fingerprint density at radius 1 is 0.411 bits per heavy atom. The van der Waals surface area contributed by atoms with Crippen molar-refractivity contribution in [2.75, 3.05) is 53.5 Å². The van der Waals surface area contributed by atoms with E-state index in [1.165, 1.54) is 109 Å². The molecular weight excluding hydrogens is 701 g/mol. The molecule has 0 heterocycles. The number of likely N-dealkylation sites (N-methyl/N-ethyl adjacent to an activating group) is 1. The van der Waals surface area contributed by atoms with Crippen LogP contribution in [-0.2, 0) is 28.6 Å². The van der Waals surface area contributed by atoms with Gasteiger partial charge in [0, 0.05) is 19.4 Å². The molecule has 332 valence electrons. The summed E-state index contributed by atoms with van der Waals surface area (Å²) >= 11 is 0. The molecule has 0 unspecified atom stereocenters. The first-order chi connectivity index (χ1) is 27.3. The molecule has 0 spiro atoms. The lowest BCUT2D eigenvalue weighted by atomic mass is 10.0. The number of hydrogen-bond donors (Lipinski definition) is 0. The molecule has 0 fully saturated rings. The van der Waals surface area contributed by atoms with Crippen LogP contribution in [0.15, 0.2) is 0 Å². The number of carbonyl (C=O) groups excluding carboxylic acids is 3. The van der Waals surface area contributed by atoms with Crippen LogP contribution in [0.2, 0.25) is 0 Å². The van der Waals surface area contributed by atoms with Gasteiger partial charge in [0.15, 0.2) is 0 Å². The van der Waals surface area contributed by atoms with E-state index < -0.39 is 0 Å². The topological polar surface area (TPSA) is 85.4 Å². The molecule has 0 aromatic heterocycles. The van der Waals surface area contributed by atoms with Gasteiger partial charge < -0.3 is 14.2 Å². The maximum atomic E-state index is 12.8. The van der Waals surface area contributed by atoms with Crippen molar-refractivity contribution < 1.29 is 28.6 Å². The summed E-state index contributed by atoms with van der Waals surface area (Å²) in [4.78, 5) is 41.2. The van der Waals surface area contributed by atoms with E-state index in [0.717, 1.165) is 110 Å². The summed E-state index contributed by atoms with van der Waals surface area (Å²) in [5.41, 5.74) is 0. The summed E-state index contributed by atoms with van der Waals surface area (Å²) in [5, 5.41) is 0. The minimum atomic E-state index is -0.175. The van der Waals surface area contributed by atoms with Crippen molar-refractivity contribution in [3.63, 3.8) is 0 Å². The van der Waals surface area contributed by atoms with E-state index in [1.807, 2.05) is 19.0 Å². The normalized spacial score (nSPS) is 11.6. The lowest BCUT2D eigenvalue weighted by Gasteiger charge is -2.22. The van der Waals surface area contributed by atoms with Gasteiger partial charge in [0.1, 0.15) is 12.7 Å². The minimum Gasteiger partial charge on any atom is -0.466 e. The van der Waals surface area contributed by atoms with Crippen LogP contribution in [-0.4, -0.2) is 87.3 Å². The molecule has 8 nitrogen and oxygen atoms in total. The molecule has 0 atom stereocenters. The molecule has 0 aliphatic rings. The van der Waals surface area contributed by atoms with Gasteiger partial charge in [-0.25, -0.2) is 0 Å². The van der Waals surface area contributed by atoms with Gasteiger partial charge in [0.25, 0.3) is 0 Å². The van der Waals surface area contributed by atoms with E-state index >= 15 is 0 Å². The third-order valence-corrected chi connectivity index (χ3v) is 10.9. The molecule has 0 aromatic carbocycles. The van der Waals surface area contributed by atoms with Crippen molar-refractivity contribution >= 4 is 17.9 Å². The molecule has 0 N–H and O–H groups in total. The lowest BCUT2D eigenvalue weighted by molar-refractivity contribution is -0.150.